The van der Waals surface area contributed by atoms with Crippen molar-refractivity contribution in [1.29, 1.82) is 0 Å². The second-order valence-corrected chi connectivity index (χ2v) is 6.50. The van der Waals surface area contributed by atoms with Crippen LogP contribution in [-0.4, -0.2) is 32.8 Å². The third-order valence-electron chi connectivity index (χ3n) is 3.44. The molecule has 2 heterocycles. The molecule has 108 valence electrons. The molecule has 2 N–H and O–H groups in total. The fourth-order valence-electron chi connectivity index (χ4n) is 2.21. The SMILES string of the molecule is Cc1oc(CO)cc1S(=O)(=O)NCC1CCOC1C. The Balaban J connectivity index is 2.07. The average molecular weight is 289 g/mol. The van der Waals surface area contributed by atoms with Crippen molar-refractivity contribution in [2.24, 2.45) is 5.92 Å². The van der Waals surface area contributed by atoms with E-state index in [1.54, 1.807) is 6.92 Å². The smallest absolute Gasteiger partial charge is 0.244 e. The van der Waals surface area contributed by atoms with E-state index >= 15 is 0 Å². The van der Waals surface area contributed by atoms with Crippen LogP contribution in [0, 0.1) is 12.8 Å². The highest BCUT2D eigenvalue weighted by molar-refractivity contribution is 7.89. The van der Waals surface area contributed by atoms with E-state index in [1.807, 2.05) is 6.92 Å². The fourth-order valence-corrected chi connectivity index (χ4v) is 3.50. The topological polar surface area (TPSA) is 88.8 Å². The van der Waals surface area contributed by atoms with Crippen molar-refractivity contribution in [2.45, 2.75) is 37.9 Å². The molecule has 1 aromatic heterocycles. The van der Waals surface area contributed by atoms with Gasteiger partial charge in [-0.3, -0.25) is 0 Å². The molecule has 0 aromatic carbocycles. The zero-order valence-electron chi connectivity index (χ0n) is 11.0. The maximum Gasteiger partial charge on any atom is 0.244 e. The van der Waals surface area contributed by atoms with Crippen LogP contribution in [0.25, 0.3) is 0 Å². The first kappa shape index (κ1) is 14.5. The molecule has 7 heteroatoms. The van der Waals surface area contributed by atoms with Crippen LogP contribution in [0.3, 0.4) is 0 Å². The lowest BCUT2D eigenvalue weighted by atomic mass is 10.0. The third-order valence-corrected chi connectivity index (χ3v) is 4.97. The summed E-state index contributed by atoms with van der Waals surface area (Å²) in [5.74, 6) is 0.724. The number of hydrogen-bond acceptors (Lipinski definition) is 5. The first-order chi connectivity index (χ1) is 8.94. The van der Waals surface area contributed by atoms with Gasteiger partial charge in [0.25, 0.3) is 0 Å². The molecule has 19 heavy (non-hydrogen) atoms. The number of nitrogens with one attached hydrogen (secondary N) is 1. The Morgan fingerprint density at radius 3 is 2.79 bits per heavy atom. The molecule has 0 amide bonds. The summed E-state index contributed by atoms with van der Waals surface area (Å²) in [6, 6.07) is 1.35. The van der Waals surface area contributed by atoms with Crippen LogP contribution in [0.2, 0.25) is 0 Å². The highest BCUT2D eigenvalue weighted by Gasteiger charge is 2.27. The van der Waals surface area contributed by atoms with Gasteiger partial charge in [0.1, 0.15) is 23.0 Å². The Kier molecular flexibility index (Phi) is 4.29. The average Bonchev–Trinajstić information content (AvgIpc) is 2.93. The van der Waals surface area contributed by atoms with Gasteiger partial charge in [0.05, 0.1) is 6.10 Å². The second kappa shape index (κ2) is 5.62. The molecule has 1 aromatic rings. The molecular weight excluding hydrogens is 270 g/mol. The van der Waals surface area contributed by atoms with Gasteiger partial charge in [-0.15, -0.1) is 0 Å². The molecular formula is C12H19NO5S. The monoisotopic (exact) mass is 289 g/mol. The van der Waals surface area contributed by atoms with E-state index in [1.165, 1.54) is 6.07 Å². The van der Waals surface area contributed by atoms with Gasteiger partial charge in [0, 0.05) is 25.1 Å². The van der Waals surface area contributed by atoms with Crippen molar-refractivity contribution in [3.05, 3.63) is 17.6 Å². The highest BCUT2D eigenvalue weighted by atomic mass is 32.2. The first-order valence-electron chi connectivity index (χ1n) is 6.25. The maximum atomic E-state index is 12.2. The van der Waals surface area contributed by atoms with E-state index in [9.17, 15) is 8.42 Å². The molecule has 0 aliphatic carbocycles. The zero-order valence-corrected chi connectivity index (χ0v) is 11.9. The van der Waals surface area contributed by atoms with E-state index in [4.69, 9.17) is 14.3 Å². The molecule has 0 bridgehead atoms. The molecule has 0 spiro atoms. The number of sulfonamides is 1. The minimum absolute atomic E-state index is 0.0705. The lowest BCUT2D eigenvalue weighted by molar-refractivity contribution is 0.107. The predicted octanol–water partition coefficient (Wildman–Crippen LogP) is 0.784. The summed E-state index contributed by atoms with van der Waals surface area (Å²) in [7, 11) is -3.60. The molecule has 2 atom stereocenters. The van der Waals surface area contributed by atoms with E-state index < -0.39 is 10.0 Å². The normalized spacial score (nSPS) is 23.9. The lowest BCUT2D eigenvalue weighted by Gasteiger charge is -2.14. The van der Waals surface area contributed by atoms with Crippen molar-refractivity contribution in [1.82, 2.24) is 4.72 Å². The van der Waals surface area contributed by atoms with Gasteiger partial charge in [-0.1, -0.05) is 0 Å². The summed E-state index contributed by atoms with van der Waals surface area (Å²) in [5.41, 5.74) is 0. The van der Waals surface area contributed by atoms with E-state index in [0.717, 1.165) is 6.42 Å². The molecule has 0 radical (unpaired) electrons. The van der Waals surface area contributed by atoms with Gasteiger partial charge in [-0.25, -0.2) is 13.1 Å². The maximum absolute atomic E-state index is 12.2. The Labute approximate surface area is 112 Å². The number of aliphatic hydroxyl groups excluding tert-OH is 1. The Morgan fingerprint density at radius 1 is 1.53 bits per heavy atom. The minimum atomic E-state index is -3.60. The molecule has 1 fully saturated rings. The van der Waals surface area contributed by atoms with Crippen LogP contribution in [0.15, 0.2) is 15.4 Å². The summed E-state index contributed by atoms with van der Waals surface area (Å²) >= 11 is 0. The molecule has 0 saturated carbocycles. The van der Waals surface area contributed by atoms with Crippen molar-refractivity contribution < 1.29 is 22.7 Å². The Bertz CT molecular complexity index is 536. The van der Waals surface area contributed by atoms with Crippen LogP contribution in [0.5, 0.6) is 0 Å². The number of rotatable bonds is 5. The van der Waals surface area contributed by atoms with Crippen molar-refractivity contribution in [3.63, 3.8) is 0 Å². The predicted molar refractivity (Wildman–Crippen MR) is 68.1 cm³/mol. The molecule has 1 aliphatic rings. The van der Waals surface area contributed by atoms with Crippen molar-refractivity contribution in [3.8, 4) is 0 Å². The minimum Gasteiger partial charge on any atom is -0.462 e. The van der Waals surface area contributed by atoms with Gasteiger partial charge in [-0.05, 0) is 20.3 Å². The van der Waals surface area contributed by atoms with Crippen LogP contribution in [-0.2, 0) is 21.4 Å². The quantitative estimate of drug-likeness (QED) is 0.836. The number of ether oxygens (including phenoxy) is 1. The lowest BCUT2D eigenvalue weighted by Crippen LogP contribution is -2.32. The van der Waals surface area contributed by atoms with Gasteiger partial charge in [0.15, 0.2) is 0 Å². The van der Waals surface area contributed by atoms with Gasteiger partial charge < -0.3 is 14.3 Å². The van der Waals surface area contributed by atoms with Gasteiger partial charge in [0.2, 0.25) is 10.0 Å². The molecule has 2 rings (SSSR count). The summed E-state index contributed by atoms with van der Waals surface area (Å²) < 4.78 is 37.4. The molecule has 1 saturated heterocycles. The fraction of sp³-hybridized carbons (Fsp3) is 0.667. The first-order valence-corrected chi connectivity index (χ1v) is 7.74. The third kappa shape index (κ3) is 3.17. The number of aryl methyl sites for hydroxylation is 1. The summed E-state index contributed by atoms with van der Waals surface area (Å²) in [5, 5.41) is 8.95. The number of hydrogen-bond donors (Lipinski definition) is 2. The number of furan rings is 1. The Morgan fingerprint density at radius 2 is 2.26 bits per heavy atom. The van der Waals surface area contributed by atoms with E-state index in [0.29, 0.717) is 13.2 Å². The summed E-state index contributed by atoms with van der Waals surface area (Å²) in [6.45, 7) is 4.22. The van der Waals surface area contributed by atoms with Crippen molar-refractivity contribution >= 4 is 10.0 Å². The van der Waals surface area contributed by atoms with Gasteiger partial charge in [-0.2, -0.15) is 0 Å². The van der Waals surface area contributed by atoms with E-state index in [-0.39, 0.29) is 35.0 Å². The standard InChI is InChI=1S/C12H19NO5S/c1-8-10(3-4-17-8)6-13-19(15,16)12-5-11(7-14)18-9(12)2/h5,8,10,13-14H,3-4,6-7H2,1-2H3. The van der Waals surface area contributed by atoms with Crippen LogP contribution >= 0.6 is 0 Å². The largest absolute Gasteiger partial charge is 0.462 e. The zero-order chi connectivity index (χ0) is 14.0. The Hall–Kier alpha value is -0.890. The number of aliphatic hydroxyl groups is 1. The molecule has 6 nitrogen and oxygen atoms in total. The van der Waals surface area contributed by atoms with Crippen LogP contribution < -0.4 is 4.72 Å². The molecule has 1 aliphatic heterocycles. The van der Waals surface area contributed by atoms with Gasteiger partial charge >= 0.3 is 0 Å². The molecule has 2 unspecified atom stereocenters. The second-order valence-electron chi connectivity index (χ2n) is 4.77. The van der Waals surface area contributed by atoms with E-state index in [2.05, 4.69) is 4.72 Å². The van der Waals surface area contributed by atoms with Crippen molar-refractivity contribution in [2.75, 3.05) is 13.2 Å². The summed E-state index contributed by atoms with van der Waals surface area (Å²) in [6.07, 6.45) is 0.928. The van der Waals surface area contributed by atoms with Crippen LogP contribution in [0.1, 0.15) is 24.9 Å². The summed E-state index contributed by atoms with van der Waals surface area (Å²) in [4.78, 5) is 0.0862. The van der Waals surface area contributed by atoms with Crippen LogP contribution in [0.4, 0.5) is 0 Å². The highest BCUT2D eigenvalue weighted by Crippen LogP contribution is 2.22.